The lowest BCUT2D eigenvalue weighted by atomic mass is 10.2. The number of aromatic nitrogens is 2. The number of aryl methyl sites for hydroxylation is 1. The molecule has 1 amide bonds. The van der Waals surface area contributed by atoms with Gasteiger partial charge in [-0.15, -0.1) is 11.3 Å². The topological polar surface area (TPSA) is 74.8 Å². The molecule has 21 heavy (non-hydrogen) atoms. The maximum absolute atomic E-state index is 12.0. The van der Waals surface area contributed by atoms with E-state index in [0.29, 0.717) is 30.1 Å². The molecule has 2 heterocycles. The molecule has 0 saturated carbocycles. The van der Waals surface area contributed by atoms with Gasteiger partial charge in [0, 0.05) is 35.7 Å². The number of H-pyrrole nitrogens is 1. The zero-order valence-corrected chi connectivity index (χ0v) is 13.2. The lowest BCUT2D eigenvalue weighted by Gasteiger charge is -2.04. The van der Waals surface area contributed by atoms with Gasteiger partial charge < -0.3 is 10.3 Å². The van der Waals surface area contributed by atoms with E-state index in [0.717, 1.165) is 10.7 Å². The summed E-state index contributed by atoms with van der Waals surface area (Å²) in [6, 6.07) is 2.97. The first kappa shape index (κ1) is 15.4. The first-order chi connectivity index (χ1) is 9.95. The van der Waals surface area contributed by atoms with Crippen LogP contribution in [0.15, 0.2) is 22.3 Å². The van der Waals surface area contributed by atoms with Crippen LogP contribution in [0.1, 0.15) is 46.5 Å². The smallest absolute Gasteiger partial charge is 0.251 e. The van der Waals surface area contributed by atoms with Crippen LogP contribution >= 0.6 is 11.3 Å². The van der Waals surface area contributed by atoms with Crippen molar-refractivity contribution in [2.75, 3.05) is 6.54 Å². The van der Waals surface area contributed by atoms with E-state index in [9.17, 15) is 9.59 Å². The summed E-state index contributed by atoms with van der Waals surface area (Å²) < 4.78 is 0. The van der Waals surface area contributed by atoms with Crippen LogP contribution in [0.2, 0.25) is 0 Å². The molecule has 0 unspecified atom stereocenters. The Morgan fingerprint density at radius 2 is 2.19 bits per heavy atom. The van der Waals surface area contributed by atoms with Crippen LogP contribution < -0.4 is 10.9 Å². The number of nitrogens with one attached hydrogen (secondary N) is 2. The maximum Gasteiger partial charge on any atom is 0.251 e. The Kier molecular flexibility index (Phi) is 4.90. The third-order valence-corrected chi connectivity index (χ3v) is 3.95. The van der Waals surface area contributed by atoms with Crippen molar-refractivity contribution in [2.45, 2.75) is 33.1 Å². The van der Waals surface area contributed by atoms with Gasteiger partial charge in [0.05, 0.1) is 10.7 Å². The molecule has 2 aromatic rings. The zero-order valence-electron chi connectivity index (χ0n) is 12.4. The predicted molar refractivity (Wildman–Crippen MR) is 84.0 cm³/mol. The first-order valence-corrected chi connectivity index (χ1v) is 7.77. The standard InChI is InChI=1S/C15H19N3O2S/c1-9(2)12-8-21-14(18-12)4-5-16-15(20)11-6-10(3)17-13(19)7-11/h6-9H,4-5H2,1-3H3,(H,16,20)(H,17,19). The van der Waals surface area contributed by atoms with Gasteiger partial charge in [0.15, 0.2) is 0 Å². The molecule has 0 spiro atoms. The van der Waals surface area contributed by atoms with E-state index in [-0.39, 0.29) is 11.5 Å². The minimum absolute atomic E-state index is 0.232. The first-order valence-electron chi connectivity index (χ1n) is 6.89. The van der Waals surface area contributed by atoms with E-state index in [1.165, 1.54) is 6.07 Å². The van der Waals surface area contributed by atoms with Crippen LogP contribution in [0.25, 0.3) is 0 Å². The highest BCUT2D eigenvalue weighted by atomic mass is 32.1. The average molecular weight is 305 g/mol. The SMILES string of the molecule is Cc1cc(C(=O)NCCc2nc(C(C)C)cs2)cc(=O)[nH]1. The van der Waals surface area contributed by atoms with E-state index in [2.05, 4.69) is 34.5 Å². The second-order valence-corrected chi connectivity index (χ2v) is 6.19. The summed E-state index contributed by atoms with van der Waals surface area (Å²) in [5.41, 5.74) is 1.89. The molecule has 0 aromatic carbocycles. The van der Waals surface area contributed by atoms with Crippen LogP contribution in [0.3, 0.4) is 0 Å². The molecule has 6 heteroatoms. The number of aromatic amines is 1. The quantitative estimate of drug-likeness (QED) is 0.889. The Hall–Kier alpha value is -1.95. The molecule has 2 rings (SSSR count). The number of amides is 1. The number of carbonyl (C=O) groups is 1. The molecule has 5 nitrogen and oxygen atoms in total. The fourth-order valence-electron chi connectivity index (χ4n) is 1.90. The lowest BCUT2D eigenvalue weighted by molar-refractivity contribution is 0.0954. The number of hydrogen-bond acceptors (Lipinski definition) is 4. The lowest BCUT2D eigenvalue weighted by Crippen LogP contribution is -2.27. The van der Waals surface area contributed by atoms with Crippen LogP contribution in [-0.2, 0) is 6.42 Å². The van der Waals surface area contributed by atoms with Crippen molar-refractivity contribution in [3.05, 3.63) is 49.8 Å². The van der Waals surface area contributed by atoms with Crippen molar-refractivity contribution < 1.29 is 4.79 Å². The van der Waals surface area contributed by atoms with E-state index in [1.54, 1.807) is 24.3 Å². The van der Waals surface area contributed by atoms with Crippen molar-refractivity contribution in [1.29, 1.82) is 0 Å². The Labute approximate surface area is 127 Å². The van der Waals surface area contributed by atoms with Crippen molar-refractivity contribution in [1.82, 2.24) is 15.3 Å². The van der Waals surface area contributed by atoms with Crippen LogP contribution in [-0.4, -0.2) is 22.4 Å². The largest absolute Gasteiger partial charge is 0.352 e. The summed E-state index contributed by atoms with van der Waals surface area (Å²) in [5.74, 6) is 0.188. The highest BCUT2D eigenvalue weighted by Crippen LogP contribution is 2.17. The van der Waals surface area contributed by atoms with Crippen LogP contribution in [0.5, 0.6) is 0 Å². The van der Waals surface area contributed by atoms with Gasteiger partial charge in [-0.05, 0) is 18.9 Å². The van der Waals surface area contributed by atoms with Gasteiger partial charge in [0.1, 0.15) is 0 Å². The molecular weight excluding hydrogens is 286 g/mol. The fraction of sp³-hybridized carbons (Fsp3) is 0.400. The zero-order chi connectivity index (χ0) is 15.4. The number of pyridine rings is 1. The monoisotopic (exact) mass is 305 g/mol. The van der Waals surface area contributed by atoms with Gasteiger partial charge in [0.2, 0.25) is 5.56 Å². The van der Waals surface area contributed by atoms with Crippen LogP contribution in [0, 0.1) is 6.92 Å². The summed E-state index contributed by atoms with van der Waals surface area (Å²) in [4.78, 5) is 30.4. The molecule has 2 N–H and O–H groups in total. The van der Waals surface area contributed by atoms with Gasteiger partial charge in [-0.3, -0.25) is 9.59 Å². The van der Waals surface area contributed by atoms with Crippen molar-refractivity contribution in [3.63, 3.8) is 0 Å². The van der Waals surface area contributed by atoms with Gasteiger partial charge in [-0.25, -0.2) is 4.98 Å². The van der Waals surface area contributed by atoms with Gasteiger partial charge in [-0.1, -0.05) is 13.8 Å². The summed E-state index contributed by atoms with van der Waals surface area (Å²) >= 11 is 1.61. The molecule has 0 aliphatic rings. The van der Waals surface area contributed by atoms with Crippen molar-refractivity contribution in [2.24, 2.45) is 0 Å². The number of thiazole rings is 1. The fourth-order valence-corrected chi connectivity index (χ4v) is 2.86. The van der Waals surface area contributed by atoms with Gasteiger partial charge in [-0.2, -0.15) is 0 Å². The number of hydrogen-bond donors (Lipinski definition) is 2. The molecule has 0 saturated heterocycles. The second kappa shape index (κ2) is 6.67. The third-order valence-electron chi connectivity index (χ3n) is 3.03. The number of nitrogens with zero attached hydrogens (tertiary/aromatic N) is 1. The summed E-state index contributed by atoms with van der Waals surface area (Å²) in [6.45, 7) is 6.47. The minimum atomic E-state index is -0.262. The van der Waals surface area contributed by atoms with Crippen molar-refractivity contribution >= 4 is 17.2 Å². The number of carbonyl (C=O) groups excluding carboxylic acids is 1. The molecular formula is C15H19N3O2S. The molecule has 0 aliphatic heterocycles. The molecule has 2 aromatic heterocycles. The summed E-state index contributed by atoms with van der Waals surface area (Å²) in [5, 5.41) is 5.89. The second-order valence-electron chi connectivity index (χ2n) is 5.24. The Balaban J connectivity index is 1.90. The van der Waals surface area contributed by atoms with E-state index in [1.807, 2.05) is 0 Å². The summed E-state index contributed by atoms with van der Waals surface area (Å²) in [7, 11) is 0. The molecule has 0 fully saturated rings. The molecule has 112 valence electrons. The van der Waals surface area contributed by atoms with E-state index in [4.69, 9.17) is 0 Å². The Bertz CT molecular complexity index is 688. The summed E-state index contributed by atoms with van der Waals surface area (Å²) in [6.07, 6.45) is 0.700. The average Bonchev–Trinajstić information content (AvgIpc) is 2.86. The van der Waals surface area contributed by atoms with Crippen molar-refractivity contribution in [3.8, 4) is 0 Å². The van der Waals surface area contributed by atoms with Gasteiger partial charge in [0.25, 0.3) is 5.91 Å². The van der Waals surface area contributed by atoms with Crippen LogP contribution in [0.4, 0.5) is 0 Å². The Morgan fingerprint density at radius 1 is 1.43 bits per heavy atom. The highest BCUT2D eigenvalue weighted by Gasteiger charge is 2.08. The molecule has 0 bridgehead atoms. The molecule has 0 radical (unpaired) electrons. The Morgan fingerprint density at radius 3 is 2.81 bits per heavy atom. The van der Waals surface area contributed by atoms with E-state index < -0.39 is 0 Å². The third kappa shape index (κ3) is 4.26. The maximum atomic E-state index is 12.0. The number of rotatable bonds is 5. The van der Waals surface area contributed by atoms with Gasteiger partial charge >= 0.3 is 0 Å². The minimum Gasteiger partial charge on any atom is -0.352 e. The normalized spacial score (nSPS) is 10.9. The van der Waals surface area contributed by atoms with E-state index >= 15 is 0 Å². The molecule has 0 atom stereocenters. The predicted octanol–water partition coefficient (Wildman–Crippen LogP) is 2.24. The highest BCUT2D eigenvalue weighted by molar-refractivity contribution is 7.09. The molecule has 0 aliphatic carbocycles.